The zero-order chi connectivity index (χ0) is 25.6. The lowest BCUT2D eigenvalue weighted by molar-refractivity contribution is -0.274. The fourth-order valence-corrected chi connectivity index (χ4v) is 3.78. The second kappa shape index (κ2) is 11.1. The van der Waals surface area contributed by atoms with Crippen LogP contribution < -0.4 is 15.4 Å². The zero-order valence-corrected chi connectivity index (χ0v) is 19.6. The number of rotatable bonds is 7. The Kier molecular flexibility index (Phi) is 8.24. The van der Waals surface area contributed by atoms with Crippen molar-refractivity contribution >= 4 is 29.3 Å². The molecule has 0 aliphatic carbocycles. The van der Waals surface area contributed by atoms with Crippen molar-refractivity contribution in [2.45, 2.75) is 26.3 Å². The topological polar surface area (TPSA) is 76.7 Å². The first-order valence-electron chi connectivity index (χ1n) is 10.4. The van der Waals surface area contributed by atoms with E-state index in [2.05, 4.69) is 20.1 Å². The number of alkyl halides is 3. The molecule has 184 valence electrons. The Bertz CT molecular complexity index is 1190. The molecule has 0 aliphatic heterocycles. The predicted molar refractivity (Wildman–Crippen MR) is 126 cm³/mol. The molecule has 2 amide bonds. The molecule has 0 spiro atoms. The molecule has 0 atom stereocenters. The molecule has 10 heteroatoms. The first-order valence-corrected chi connectivity index (χ1v) is 10.8. The number of carbonyl (C=O) groups is 2. The van der Waals surface area contributed by atoms with Gasteiger partial charge in [-0.05, 0) is 41.8 Å². The van der Waals surface area contributed by atoms with Gasteiger partial charge in [-0.25, -0.2) is 4.79 Å². The molecule has 0 saturated heterocycles. The Balaban J connectivity index is 1.67. The van der Waals surface area contributed by atoms with Crippen molar-refractivity contribution in [3.63, 3.8) is 0 Å². The maximum absolute atomic E-state index is 12.8. The van der Waals surface area contributed by atoms with Gasteiger partial charge in [0, 0.05) is 23.4 Å². The van der Waals surface area contributed by atoms with Crippen LogP contribution in [0.3, 0.4) is 0 Å². The van der Waals surface area contributed by atoms with Gasteiger partial charge in [-0.2, -0.15) is 0 Å². The summed E-state index contributed by atoms with van der Waals surface area (Å²) < 4.78 is 47.2. The molecule has 0 fully saturated rings. The van der Waals surface area contributed by atoms with Gasteiger partial charge in [-0.15, -0.1) is 13.2 Å². The summed E-state index contributed by atoms with van der Waals surface area (Å²) in [7, 11) is 1.32. The van der Waals surface area contributed by atoms with E-state index in [9.17, 15) is 22.8 Å². The monoisotopic (exact) mass is 506 g/mol. The number of halogens is 4. The van der Waals surface area contributed by atoms with Gasteiger partial charge in [0.15, 0.2) is 0 Å². The number of benzene rings is 3. The van der Waals surface area contributed by atoms with E-state index in [1.54, 1.807) is 43.3 Å². The predicted octanol–water partition coefficient (Wildman–Crippen LogP) is 6.25. The van der Waals surface area contributed by atoms with E-state index in [1.165, 1.54) is 31.4 Å². The Morgan fingerprint density at radius 2 is 1.66 bits per heavy atom. The van der Waals surface area contributed by atoms with E-state index < -0.39 is 12.4 Å². The molecule has 3 aromatic carbocycles. The third kappa shape index (κ3) is 7.38. The number of esters is 1. The number of amides is 2. The molecule has 6 nitrogen and oxygen atoms in total. The molecule has 2 N–H and O–H groups in total. The van der Waals surface area contributed by atoms with Crippen LogP contribution >= 0.6 is 11.6 Å². The summed E-state index contributed by atoms with van der Waals surface area (Å²) in [5.41, 5.74) is 3.07. The molecular formula is C25H22ClF3N2O4. The summed E-state index contributed by atoms with van der Waals surface area (Å²) in [5.74, 6) is -0.715. The largest absolute Gasteiger partial charge is 0.573 e. The van der Waals surface area contributed by atoms with E-state index in [0.717, 1.165) is 11.1 Å². The first kappa shape index (κ1) is 25.9. The molecule has 0 saturated carbocycles. The van der Waals surface area contributed by atoms with Gasteiger partial charge in [-0.3, -0.25) is 4.79 Å². The van der Waals surface area contributed by atoms with Crippen LogP contribution in [0.4, 0.5) is 23.7 Å². The smallest absolute Gasteiger partial charge is 0.469 e. The number of nitrogens with one attached hydrogen (secondary N) is 2. The second-order valence-electron chi connectivity index (χ2n) is 7.57. The minimum atomic E-state index is -4.85. The number of carbonyl (C=O) groups excluding carboxylic acids is 2. The third-order valence-electron chi connectivity index (χ3n) is 4.98. The van der Waals surface area contributed by atoms with Crippen LogP contribution in [0.5, 0.6) is 5.75 Å². The quantitative estimate of drug-likeness (QED) is 0.371. The van der Waals surface area contributed by atoms with Crippen molar-refractivity contribution in [1.29, 1.82) is 0 Å². The van der Waals surface area contributed by atoms with Crippen LogP contribution in [0.25, 0.3) is 11.1 Å². The molecule has 0 aliphatic rings. The summed E-state index contributed by atoms with van der Waals surface area (Å²) in [6.45, 7) is 1.90. The molecule has 0 radical (unpaired) electrons. The third-order valence-corrected chi connectivity index (χ3v) is 5.28. The highest BCUT2D eigenvalue weighted by atomic mass is 35.5. The van der Waals surface area contributed by atoms with E-state index in [4.69, 9.17) is 11.6 Å². The SMILES string of the molecule is COC(=O)Cc1ccc(CNC(=O)Nc2cc(C)c(-c3ccccc3OC(F)(F)F)c(Cl)c2)cc1. The summed E-state index contributed by atoms with van der Waals surface area (Å²) in [6, 6.07) is 15.4. The van der Waals surface area contributed by atoms with E-state index in [1.807, 2.05) is 0 Å². The molecule has 3 rings (SSSR count). The number of hydrogen-bond acceptors (Lipinski definition) is 4. The van der Waals surface area contributed by atoms with Crippen LogP contribution in [0.1, 0.15) is 16.7 Å². The maximum atomic E-state index is 12.8. The van der Waals surface area contributed by atoms with Gasteiger partial charge in [0.05, 0.1) is 18.6 Å². The number of para-hydroxylation sites is 1. The number of aryl methyl sites for hydroxylation is 1. The molecule has 0 unspecified atom stereocenters. The minimum absolute atomic E-state index is 0.153. The zero-order valence-electron chi connectivity index (χ0n) is 18.8. The number of ether oxygens (including phenoxy) is 2. The van der Waals surface area contributed by atoms with Gasteiger partial charge in [0.25, 0.3) is 0 Å². The van der Waals surface area contributed by atoms with Crippen molar-refractivity contribution in [2.75, 3.05) is 12.4 Å². The average Bonchev–Trinajstić information content (AvgIpc) is 2.78. The van der Waals surface area contributed by atoms with Crippen molar-refractivity contribution in [3.8, 4) is 16.9 Å². The molecule has 0 aromatic heterocycles. The van der Waals surface area contributed by atoms with E-state index in [-0.39, 0.29) is 35.3 Å². The Morgan fingerprint density at radius 3 is 2.29 bits per heavy atom. The normalized spacial score (nSPS) is 11.0. The van der Waals surface area contributed by atoms with E-state index >= 15 is 0 Å². The Morgan fingerprint density at radius 1 is 1.00 bits per heavy atom. The highest BCUT2D eigenvalue weighted by Crippen LogP contribution is 2.40. The summed E-state index contributed by atoms with van der Waals surface area (Å²) in [6.07, 6.45) is -4.69. The fourth-order valence-electron chi connectivity index (χ4n) is 3.42. The summed E-state index contributed by atoms with van der Waals surface area (Å²) in [5, 5.41) is 5.53. The van der Waals surface area contributed by atoms with Crippen LogP contribution in [-0.2, 0) is 22.5 Å². The van der Waals surface area contributed by atoms with Crippen molar-refractivity contribution < 1.29 is 32.2 Å². The Hall–Kier alpha value is -3.72. The van der Waals surface area contributed by atoms with Gasteiger partial charge < -0.3 is 20.1 Å². The number of urea groups is 1. The van der Waals surface area contributed by atoms with Crippen molar-refractivity contribution in [1.82, 2.24) is 5.32 Å². The lowest BCUT2D eigenvalue weighted by Gasteiger charge is -2.17. The molecule has 0 heterocycles. The summed E-state index contributed by atoms with van der Waals surface area (Å²) in [4.78, 5) is 23.7. The lowest BCUT2D eigenvalue weighted by Crippen LogP contribution is -2.28. The van der Waals surface area contributed by atoms with Crippen molar-refractivity contribution in [2.24, 2.45) is 0 Å². The highest BCUT2D eigenvalue weighted by molar-refractivity contribution is 6.34. The number of anilines is 1. The first-order chi connectivity index (χ1) is 16.6. The molecule has 3 aromatic rings. The van der Waals surface area contributed by atoms with Crippen LogP contribution in [0.15, 0.2) is 60.7 Å². The summed E-state index contributed by atoms with van der Waals surface area (Å²) >= 11 is 6.39. The number of hydrogen-bond donors (Lipinski definition) is 2. The minimum Gasteiger partial charge on any atom is -0.469 e. The number of methoxy groups -OCH3 is 1. The standard InChI is InChI=1S/C25H22ClF3N2O4/c1-15-11-18(13-20(26)23(15)19-5-3-4-6-21(19)35-25(27,28)29)31-24(33)30-14-17-9-7-16(8-10-17)12-22(32)34-2/h3-11,13H,12,14H2,1-2H3,(H2,30,31,33). The van der Waals surface area contributed by atoms with Gasteiger partial charge in [0.1, 0.15) is 5.75 Å². The van der Waals surface area contributed by atoms with E-state index in [0.29, 0.717) is 16.8 Å². The van der Waals surface area contributed by atoms with Gasteiger partial charge in [0.2, 0.25) is 0 Å². The molecule has 35 heavy (non-hydrogen) atoms. The van der Waals surface area contributed by atoms with Crippen LogP contribution in [-0.4, -0.2) is 25.5 Å². The molecular weight excluding hydrogens is 485 g/mol. The second-order valence-corrected chi connectivity index (χ2v) is 7.98. The highest BCUT2D eigenvalue weighted by Gasteiger charge is 2.32. The Labute approximate surface area is 205 Å². The fraction of sp³-hybridized carbons (Fsp3) is 0.200. The maximum Gasteiger partial charge on any atom is 0.573 e. The molecule has 0 bridgehead atoms. The van der Waals surface area contributed by atoms with Crippen LogP contribution in [0, 0.1) is 6.92 Å². The average molecular weight is 507 g/mol. The van der Waals surface area contributed by atoms with Crippen LogP contribution in [0.2, 0.25) is 5.02 Å². The lowest BCUT2D eigenvalue weighted by atomic mass is 9.99. The van der Waals surface area contributed by atoms with Crippen molar-refractivity contribution in [3.05, 3.63) is 82.4 Å². The van der Waals surface area contributed by atoms with Gasteiger partial charge >= 0.3 is 18.4 Å². The van der Waals surface area contributed by atoms with Gasteiger partial charge in [-0.1, -0.05) is 54.1 Å².